The largest absolute Gasteiger partial charge is 0.456 e. The predicted molar refractivity (Wildman–Crippen MR) is 213 cm³/mol. The lowest BCUT2D eigenvalue weighted by molar-refractivity contribution is 0.663. The van der Waals surface area contributed by atoms with Crippen LogP contribution in [0.2, 0.25) is 0 Å². The zero-order valence-electron chi connectivity index (χ0n) is 28.2. The molecular weight excluding hydrogens is 635 g/mol. The van der Waals surface area contributed by atoms with Crippen molar-refractivity contribution in [3.8, 4) is 11.1 Å². The molecule has 2 heterocycles. The summed E-state index contributed by atoms with van der Waals surface area (Å²) in [6.07, 6.45) is 0. The molecule has 3 nitrogen and oxygen atoms in total. The molecule has 0 fully saturated rings. The molecule has 0 atom stereocenters. The summed E-state index contributed by atoms with van der Waals surface area (Å²) >= 11 is 0. The molecule has 0 spiro atoms. The highest BCUT2D eigenvalue weighted by Crippen LogP contribution is 2.60. The number of anilines is 3. The maximum Gasteiger partial charge on any atom is 0.147 e. The van der Waals surface area contributed by atoms with E-state index in [1.165, 1.54) is 33.4 Å². The van der Waals surface area contributed by atoms with Gasteiger partial charge in [-0.05, 0) is 76.3 Å². The molecule has 11 rings (SSSR count). The maximum absolute atomic E-state index is 6.65. The standard InChI is InChI=1S/C49H31NO2/c1-4-16-32(17-5-1)49(33-18-6-2-7-19-33)38-24-12-10-23-37(38)45-39(49)25-14-26-40(45)50(34-20-8-3-9-21-34)41-27-15-29-43-46(41)47-44(51-43)31-30-36-35-22-11-13-28-42(35)52-48(36)47/h1-31H. The molecular formula is C49H31NO2. The summed E-state index contributed by atoms with van der Waals surface area (Å²) < 4.78 is 13.3. The SMILES string of the molecule is c1ccc(N(c2cccc3c2-c2ccccc2C3(c2ccccc2)c2ccccc2)c2cccc3oc4ccc5c6ccccc6oc5c4c23)cc1. The van der Waals surface area contributed by atoms with Gasteiger partial charge in [0.05, 0.1) is 27.6 Å². The molecule has 52 heavy (non-hydrogen) atoms. The zero-order chi connectivity index (χ0) is 34.2. The third-order valence-corrected chi connectivity index (χ3v) is 10.9. The summed E-state index contributed by atoms with van der Waals surface area (Å²) in [7, 11) is 0. The number of hydrogen-bond donors (Lipinski definition) is 0. The van der Waals surface area contributed by atoms with Crippen LogP contribution >= 0.6 is 0 Å². The van der Waals surface area contributed by atoms with E-state index in [2.05, 4.69) is 181 Å². The second-order valence-corrected chi connectivity index (χ2v) is 13.6. The van der Waals surface area contributed by atoms with Crippen molar-refractivity contribution in [3.63, 3.8) is 0 Å². The molecule has 244 valence electrons. The fourth-order valence-electron chi connectivity index (χ4n) is 8.90. The topological polar surface area (TPSA) is 29.5 Å². The van der Waals surface area contributed by atoms with Gasteiger partial charge in [0.25, 0.3) is 0 Å². The van der Waals surface area contributed by atoms with E-state index in [0.29, 0.717) is 0 Å². The molecule has 0 saturated heterocycles. The highest BCUT2D eigenvalue weighted by Gasteiger charge is 2.47. The lowest BCUT2D eigenvalue weighted by atomic mass is 9.68. The number of fused-ring (bicyclic) bond motifs is 10. The summed E-state index contributed by atoms with van der Waals surface area (Å²) in [5.74, 6) is 0. The molecule has 1 aliphatic carbocycles. The van der Waals surface area contributed by atoms with Crippen molar-refractivity contribution in [3.05, 3.63) is 210 Å². The minimum absolute atomic E-state index is 0.512. The van der Waals surface area contributed by atoms with Crippen LogP contribution < -0.4 is 4.90 Å². The third-order valence-electron chi connectivity index (χ3n) is 10.9. The second kappa shape index (κ2) is 11.1. The summed E-state index contributed by atoms with van der Waals surface area (Å²) in [5.41, 5.74) is 13.5. The average Bonchev–Trinajstić information content (AvgIpc) is 3.88. The zero-order valence-corrected chi connectivity index (χ0v) is 28.2. The Morgan fingerprint density at radius 1 is 0.385 bits per heavy atom. The van der Waals surface area contributed by atoms with Gasteiger partial charge < -0.3 is 13.7 Å². The molecule has 0 amide bonds. The van der Waals surface area contributed by atoms with Gasteiger partial charge in [-0.3, -0.25) is 0 Å². The van der Waals surface area contributed by atoms with Crippen LogP contribution in [0.1, 0.15) is 22.3 Å². The molecule has 0 saturated carbocycles. The Morgan fingerprint density at radius 2 is 0.981 bits per heavy atom. The van der Waals surface area contributed by atoms with Gasteiger partial charge in [-0.25, -0.2) is 0 Å². The molecule has 1 aliphatic rings. The van der Waals surface area contributed by atoms with E-state index in [4.69, 9.17) is 8.83 Å². The Balaban J connectivity index is 1.27. The first-order chi connectivity index (χ1) is 25.8. The minimum atomic E-state index is -0.512. The lowest BCUT2D eigenvalue weighted by Crippen LogP contribution is -2.28. The van der Waals surface area contributed by atoms with E-state index < -0.39 is 5.41 Å². The van der Waals surface area contributed by atoms with Crippen LogP contribution in [0.15, 0.2) is 197 Å². The van der Waals surface area contributed by atoms with Gasteiger partial charge in [0, 0.05) is 22.0 Å². The number of nitrogens with zero attached hydrogens (tertiary/aromatic N) is 1. The van der Waals surface area contributed by atoms with Crippen molar-refractivity contribution in [2.75, 3.05) is 4.90 Å². The molecule has 0 unspecified atom stereocenters. The third kappa shape index (κ3) is 3.91. The first-order valence-corrected chi connectivity index (χ1v) is 17.8. The van der Waals surface area contributed by atoms with Gasteiger partial charge in [0.15, 0.2) is 0 Å². The van der Waals surface area contributed by atoms with Crippen LogP contribution in [-0.2, 0) is 5.41 Å². The van der Waals surface area contributed by atoms with Gasteiger partial charge in [-0.15, -0.1) is 0 Å². The average molecular weight is 666 g/mol. The van der Waals surface area contributed by atoms with Gasteiger partial charge in [-0.2, -0.15) is 0 Å². The van der Waals surface area contributed by atoms with Crippen molar-refractivity contribution < 1.29 is 8.83 Å². The van der Waals surface area contributed by atoms with Crippen LogP contribution in [0, 0.1) is 0 Å². The van der Waals surface area contributed by atoms with Crippen molar-refractivity contribution in [1.82, 2.24) is 0 Å². The van der Waals surface area contributed by atoms with E-state index >= 15 is 0 Å². The normalized spacial score (nSPS) is 13.2. The molecule has 0 bridgehead atoms. The molecule has 0 N–H and O–H groups in total. The monoisotopic (exact) mass is 665 g/mol. The van der Waals surface area contributed by atoms with Crippen molar-refractivity contribution >= 4 is 60.9 Å². The fraction of sp³-hybridized carbons (Fsp3) is 0.0204. The van der Waals surface area contributed by atoms with Crippen LogP contribution in [0.4, 0.5) is 17.1 Å². The highest BCUT2D eigenvalue weighted by atomic mass is 16.3. The van der Waals surface area contributed by atoms with E-state index in [1.54, 1.807) is 0 Å². The second-order valence-electron chi connectivity index (χ2n) is 13.6. The lowest BCUT2D eigenvalue weighted by Gasteiger charge is -2.34. The quantitative estimate of drug-likeness (QED) is 0.183. The first-order valence-electron chi connectivity index (χ1n) is 17.8. The Kier molecular flexibility index (Phi) is 6.17. The first kappa shape index (κ1) is 28.9. The van der Waals surface area contributed by atoms with E-state index in [9.17, 15) is 0 Å². The number of hydrogen-bond acceptors (Lipinski definition) is 3. The van der Waals surface area contributed by atoms with Crippen LogP contribution in [0.3, 0.4) is 0 Å². The van der Waals surface area contributed by atoms with E-state index in [0.717, 1.165) is 60.9 Å². The van der Waals surface area contributed by atoms with Crippen LogP contribution in [0.25, 0.3) is 55.0 Å². The van der Waals surface area contributed by atoms with Crippen molar-refractivity contribution in [2.45, 2.75) is 5.41 Å². The molecule has 2 aromatic heterocycles. The van der Waals surface area contributed by atoms with Crippen LogP contribution in [-0.4, -0.2) is 0 Å². The van der Waals surface area contributed by atoms with E-state index in [-0.39, 0.29) is 0 Å². The van der Waals surface area contributed by atoms with E-state index in [1.807, 2.05) is 12.1 Å². The summed E-state index contributed by atoms with van der Waals surface area (Å²) in [6, 6.07) is 67.2. The Morgan fingerprint density at radius 3 is 1.77 bits per heavy atom. The molecule has 8 aromatic carbocycles. The Hall–Kier alpha value is -6.84. The highest BCUT2D eigenvalue weighted by molar-refractivity contribution is 6.25. The molecule has 0 aliphatic heterocycles. The predicted octanol–water partition coefficient (Wildman–Crippen LogP) is 13.3. The minimum Gasteiger partial charge on any atom is -0.456 e. The van der Waals surface area contributed by atoms with Gasteiger partial charge >= 0.3 is 0 Å². The number of benzene rings is 8. The maximum atomic E-state index is 6.65. The van der Waals surface area contributed by atoms with Crippen molar-refractivity contribution in [1.29, 1.82) is 0 Å². The van der Waals surface area contributed by atoms with Gasteiger partial charge in [0.2, 0.25) is 0 Å². The van der Waals surface area contributed by atoms with Crippen LogP contribution in [0.5, 0.6) is 0 Å². The Labute approximate surface area is 300 Å². The molecule has 0 radical (unpaired) electrons. The van der Waals surface area contributed by atoms with Gasteiger partial charge in [0.1, 0.15) is 22.3 Å². The van der Waals surface area contributed by atoms with Gasteiger partial charge in [-0.1, -0.05) is 140 Å². The summed E-state index contributed by atoms with van der Waals surface area (Å²) in [5, 5.41) is 4.18. The molecule has 10 aromatic rings. The number of furan rings is 2. The number of rotatable bonds is 5. The number of para-hydroxylation sites is 2. The summed E-state index contributed by atoms with van der Waals surface area (Å²) in [4.78, 5) is 2.42. The fourth-order valence-corrected chi connectivity index (χ4v) is 8.90. The summed E-state index contributed by atoms with van der Waals surface area (Å²) in [6.45, 7) is 0. The Bertz CT molecular complexity index is 2920. The van der Waals surface area contributed by atoms with Crippen molar-refractivity contribution in [2.24, 2.45) is 0 Å². The smallest absolute Gasteiger partial charge is 0.147 e. The molecule has 3 heteroatoms.